The monoisotopic (exact) mass is 383 g/mol. The van der Waals surface area contributed by atoms with Gasteiger partial charge >= 0.3 is 0 Å². The van der Waals surface area contributed by atoms with E-state index in [0.29, 0.717) is 22.4 Å². The van der Waals surface area contributed by atoms with Gasteiger partial charge in [0.2, 0.25) is 0 Å². The van der Waals surface area contributed by atoms with Crippen LogP contribution in [0.25, 0.3) is 0 Å². The molecule has 138 valence electrons. The van der Waals surface area contributed by atoms with E-state index in [4.69, 9.17) is 0 Å². The van der Waals surface area contributed by atoms with Gasteiger partial charge in [0.15, 0.2) is 5.82 Å². The van der Waals surface area contributed by atoms with Crippen LogP contribution in [0.2, 0.25) is 0 Å². The number of aryl methyl sites for hydroxylation is 1. The summed E-state index contributed by atoms with van der Waals surface area (Å²) in [5.41, 5.74) is 0.769. The molecule has 9 heteroatoms. The fraction of sp³-hybridized carbons (Fsp3) is 0.625. The predicted molar refractivity (Wildman–Crippen MR) is 98.2 cm³/mol. The van der Waals surface area contributed by atoms with Crippen LogP contribution in [0.1, 0.15) is 43.5 Å². The SMILES string of the molecule is Cc1ccsc1S(=O)(=O)N[C@@H](CC(C)C)c1nnc2n1CCNCC2. The number of aromatic nitrogens is 3. The van der Waals surface area contributed by atoms with Gasteiger partial charge < -0.3 is 9.88 Å². The highest BCUT2D eigenvalue weighted by molar-refractivity contribution is 7.91. The van der Waals surface area contributed by atoms with Crippen molar-refractivity contribution >= 4 is 21.4 Å². The quantitative estimate of drug-likeness (QED) is 0.795. The van der Waals surface area contributed by atoms with Crippen LogP contribution < -0.4 is 10.0 Å². The molecule has 0 aromatic carbocycles. The Morgan fingerprint density at radius 1 is 1.36 bits per heavy atom. The Bertz CT molecular complexity index is 825. The van der Waals surface area contributed by atoms with E-state index in [1.54, 1.807) is 5.38 Å². The minimum atomic E-state index is -3.58. The van der Waals surface area contributed by atoms with Gasteiger partial charge in [-0.3, -0.25) is 0 Å². The van der Waals surface area contributed by atoms with Gasteiger partial charge in [0, 0.05) is 26.1 Å². The van der Waals surface area contributed by atoms with Gasteiger partial charge in [-0.15, -0.1) is 21.5 Å². The molecule has 0 amide bonds. The van der Waals surface area contributed by atoms with Crippen molar-refractivity contribution in [2.45, 2.75) is 50.4 Å². The van der Waals surface area contributed by atoms with Crippen LogP contribution in [0.15, 0.2) is 15.7 Å². The van der Waals surface area contributed by atoms with E-state index in [2.05, 4.69) is 38.7 Å². The minimum Gasteiger partial charge on any atom is -0.315 e. The number of sulfonamides is 1. The lowest BCUT2D eigenvalue weighted by molar-refractivity contribution is 0.439. The van der Waals surface area contributed by atoms with Crippen LogP contribution in [0, 0.1) is 12.8 Å². The second-order valence-corrected chi connectivity index (χ2v) is 9.65. The topological polar surface area (TPSA) is 88.9 Å². The molecule has 0 saturated carbocycles. The standard InChI is InChI=1S/C16H25N5O2S2/c1-11(2)10-13(20-25(22,23)16-12(3)5-9-24-16)15-19-18-14-4-6-17-7-8-21(14)15/h5,9,11,13,17,20H,4,6-8,10H2,1-3H3/t13-/m0/s1. The molecule has 0 spiro atoms. The Kier molecular flexibility index (Phi) is 5.57. The summed E-state index contributed by atoms with van der Waals surface area (Å²) in [6.07, 6.45) is 1.48. The second-order valence-electron chi connectivity index (χ2n) is 6.82. The molecule has 3 heterocycles. The van der Waals surface area contributed by atoms with E-state index in [-0.39, 0.29) is 6.04 Å². The summed E-state index contributed by atoms with van der Waals surface area (Å²) < 4.78 is 31.1. The molecule has 3 rings (SSSR count). The molecule has 1 aliphatic heterocycles. The summed E-state index contributed by atoms with van der Waals surface area (Å²) in [5, 5.41) is 13.8. The van der Waals surface area contributed by atoms with Crippen molar-refractivity contribution in [1.82, 2.24) is 24.8 Å². The summed E-state index contributed by atoms with van der Waals surface area (Å²) in [5.74, 6) is 1.96. The first-order valence-electron chi connectivity index (χ1n) is 8.57. The first kappa shape index (κ1) is 18.5. The number of rotatable bonds is 6. The van der Waals surface area contributed by atoms with Gasteiger partial charge in [-0.2, -0.15) is 4.72 Å². The zero-order valence-corrected chi connectivity index (χ0v) is 16.5. The van der Waals surface area contributed by atoms with E-state index < -0.39 is 10.0 Å². The second kappa shape index (κ2) is 7.53. The lowest BCUT2D eigenvalue weighted by Crippen LogP contribution is -2.32. The van der Waals surface area contributed by atoms with Gasteiger partial charge in [-0.05, 0) is 36.3 Å². The largest absolute Gasteiger partial charge is 0.315 e. The van der Waals surface area contributed by atoms with Crippen molar-refractivity contribution < 1.29 is 8.42 Å². The van der Waals surface area contributed by atoms with Gasteiger partial charge in [0.05, 0.1) is 6.04 Å². The minimum absolute atomic E-state index is 0.328. The van der Waals surface area contributed by atoms with Crippen LogP contribution in [-0.2, 0) is 23.0 Å². The van der Waals surface area contributed by atoms with E-state index in [1.807, 2.05) is 13.0 Å². The number of hydrogen-bond acceptors (Lipinski definition) is 6. The molecule has 0 radical (unpaired) electrons. The molecular formula is C16H25N5O2S2. The summed E-state index contributed by atoms with van der Waals surface area (Å²) in [6, 6.07) is 1.44. The Labute approximate surface area is 152 Å². The van der Waals surface area contributed by atoms with E-state index in [9.17, 15) is 8.42 Å². The van der Waals surface area contributed by atoms with Crippen molar-refractivity contribution in [2.75, 3.05) is 13.1 Å². The van der Waals surface area contributed by atoms with Crippen LogP contribution in [-0.4, -0.2) is 36.3 Å². The summed E-state index contributed by atoms with van der Waals surface area (Å²) in [6.45, 7) is 8.44. The fourth-order valence-corrected chi connectivity index (χ4v) is 5.75. The predicted octanol–water partition coefficient (Wildman–Crippen LogP) is 1.86. The van der Waals surface area contributed by atoms with Crippen molar-refractivity contribution in [2.24, 2.45) is 5.92 Å². The third kappa shape index (κ3) is 4.11. The van der Waals surface area contributed by atoms with Crippen LogP contribution in [0.5, 0.6) is 0 Å². The Balaban J connectivity index is 1.93. The molecule has 2 aromatic rings. The third-order valence-electron chi connectivity index (χ3n) is 4.27. The number of thiophene rings is 1. The van der Waals surface area contributed by atoms with Crippen LogP contribution >= 0.6 is 11.3 Å². The zero-order valence-electron chi connectivity index (χ0n) is 14.8. The zero-order chi connectivity index (χ0) is 18.0. The lowest BCUT2D eigenvalue weighted by Gasteiger charge is -2.21. The van der Waals surface area contributed by atoms with Crippen molar-refractivity contribution in [3.8, 4) is 0 Å². The normalized spacial score (nSPS) is 16.6. The van der Waals surface area contributed by atoms with Crippen molar-refractivity contribution in [3.63, 3.8) is 0 Å². The first-order chi connectivity index (χ1) is 11.9. The maximum absolute atomic E-state index is 12.9. The molecule has 1 atom stereocenters. The number of nitrogens with zero attached hydrogens (tertiary/aromatic N) is 3. The number of hydrogen-bond donors (Lipinski definition) is 2. The summed E-state index contributed by atoms with van der Waals surface area (Å²) in [4.78, 5) is 0. The molecule has 0 aliphatic carbocycles. The average Bonchev–Trinajstić information content (AvgIpc) is 3.06. The molecule has 0 bridgehead atoms. The van der Waals surface area contributed by atoms with Gasteiger partial charge in [0.25, 0.3) is 10.0 Å². The Hall–Kier alpha value is -1.29. The molecule has 25 heavy (non-hydrogen) atoms. The Morgan fingerprint density at radius 3 is 2.84 bits per heavy atom. The molecule has 1 aliphatic rings. The highest BCUT2D eigenvalue weighted by Crippen LogP contribution is 2.27. The summed E-state index contributed by atoms with van der Waals surface area (Å²) in [7, 11) is -3.58. The Morgan fingerprint density at radius 2 is 2.16 bits per heavy atom. The molecule has 0 saturated heterocycles. The number of fused-ring (bicyclic) bond motifs is 1. The highest BCUT2D eigenvalue weighted by Gasteiger charge is 2.29. The highest BCUT2D eigenvalue weighted by atomic mass is 32.2. The maximum Gasteiger partial charge on any atom is 0.250 e. The molecular weight excluding hydrogens is 358 g/mol. The molecule has 2 N–H and O–H groups in total. The van der Waals surface area contributed by atoms with Gasteiger partial charge in [0.1, 0.15) is 10.0 Å². The molecule has 0 unspecified atom stereocenters. The smallest absolute Gasteiger partial charge is 0.250 e. The average molecular weight is 384 g/mol. The lowest BCUT2D eigenvalue weighted by atomic mass is 10.0. The van der Waals surface area contributed by atoms with Crippen LogP contribution in [0.3, 0.4) is 0 Å². The summed E-state index contributed by atoms with van der Waals surface area (Å²) >= 11 is 1.24. The van der Waals surface area contributed by atoms with E-state index in [0.717, 1.165) is 37.4 Å². The fourth-order valence-electron chi connectivity index (χ4n) is 3.10. The van der Waals surface area contributed by atoms with E-state index in [1.165, 1.54) is 11.3 Å². The molecule has 0 fully saturated rings. The first-order valence-corrected chi connectivity index (χ1v) is 10.9. The number of nitrogens with one attached hydrogen (secondary N) is 2. The molecule has 2 aromatic heterocycles. The van der Waals surface area contributed by atoms with E-state index >= 15 is 0 Å². The van der Waals surface area contributed by atoms with Crippen molar-refractivity contribution in [1.29, 1.82) is 0 Å². The molecule has 7 nitrogen and oxygen atoms in total. The van der Waals surface area contributed by atoms with Crippen LogP contribution in [0.4, 0.5) is 0 Å². The third-order valence-corrected chi connectivity index (χ3v) is 7.43. The van der Waals surface area contributed by atoms with Gasteiger partial charge in [-0.1, -0.05) is 13.8 Å². The van der Waals surface area contributed by atoms with Gasteiger partial charge in [-0.25, -0.2) is 8.42 Å². The van der Waals surface area contributed by atoms with Crippen molar-refractivity contribution in [3.05, 3.63) is 28.7 Å². The maximum atomic E-state index is 12.9.